The maximum Gasteiger partial charge on any atom is 0.451 e. The van der Waals surface area contributed by atoms with Gasteiger partial charge in [-0.2, -0.15) is 13.2 Å². The summed E-state index contributed by atoms with van der Waals surface area (Å²) in [6.07, 6.45) is 0.922. The Morgan fingerprint density at radius 2 is 1.64 bits per heavy atom. The van der Waals surface area contributed by atoms with E-state index in [9.17, 15) is 22.0 Å². The molecule has 0 unspecified atom stereocenters. The number of fused-ring (bicyclic) bond motifs is 1. The molecule has 152 valence electrons. The second-order valence-corrected chi connectivity index (χ2v) is 7.09. The van der Waals surface area contributed by atoms with Crippen molar-refractivity contribution in [3.8, 4) is 0 Å². The zero-order chi connectivity index (χ0) is 20.3. The molecular weight excluding hydrogens is 379 g/mol. The van der Waals surface area contributed by atoms with Gasteiger partial charge in [-0.25, -0.2) is 18.7 Å². The van der Waals surface area contributed by atoms with E-state index < -0.39 is 23.6 Å². The highest BCUT2D eigenvalue weighted by atomic mass is 19.4. The monoisotopic (exact) mass is 400 g/mol. The van der Waals surface area contributed by atoms with E-state index in [4.69, 9.17) is 5.73 Å². The molecule has 0 amide bonds. The minimum Gasteiger partial charge on any atom is -0.328 e. The fraction of sp³-hybridized carbons (Fsp3) is 0.474. The molecule has 2 atom stereocenters. The Morgan fingerprint density at radius 3 is 2.21 bits per heavy atom. The number of rotatable bonds is 1. The van der Waals surface area contributed by atoms with Crippen LogP contribution in [0.3, 0.4) is 0 Å². The van der Waals surface area contributed by atoms with Crippen molar-refractivity contribution in [3.63, 3.8) is 0 Å². The van der Waals surface area contributed by atoms with E-state index in [0.29, 0.717) is 24.8 Å². The molecule has 0 spiro atoms. The summed E-state index contributed by atoms with van der Waals surface area (Å²) in [5, 5.41) is 0. The van der Waals surface area contributed by atoms with Gasteiger partial charge in [-0.15, -0.1) is 0 Å². The molecule has 2 aliphatic rings. The van der Waals surface area contributed by atoms with Crippen LogP contribution in [0.25, 0.3) is 0 Å². The van der Waals surface area contributed by atoms with Crippen LogP contribution in [-0.4, -0.2) is 27.0 Å². The first kappa shape index (κ1) is 20.6. The lowest BCUT2D eigenvalue weighted by molar-refractivity contribution is -0.145. The van der Waals surface area contributed by atoms with Gasteiger partial charge in [-0.05, 0) is 43.5 Å². The predicted octanol–water partition coefficient (Wildman–Crippen LogP) is 4.05. The quantitative estimate of drug-likeness (QED) is 0.734. The van der Waals surface area contributed by atoms with Gasteiger partial charge in [0.15, 0.2) is 0 Å². The van der Waals surface area contributed by atoms with Gasteiger partial charge in [0, 0.05) is 36.9 Å². The van der Waals surface area contributed by atoms with Crippen LogP contribution in [0.1, 0.15) is 42.8 Å². The third-order valence-electron chi connectivity index (χ3n) is 4.94. The largest absolute Gasteiger partial charge is 0.451 e. The van der Waals surface area contributed by atoms with Crippen molar-refractivity contribution in [2.45, 2.75) is 57.0 Å². The molecule has 9 heteroatoms. The van der Waals surface area contributed by atoms with E-state index >= 15 is 0 Å². The number of nitrogens with zero attached hydrogens (tertiary/aromatic N) is 3. The first-order valence-electron chi connectivity index (χ1n) is 9.05. The molecular formula is C19H21F5N4. The Kier molecular flexibility index (Phi) is 6.24. The lowest BCUT2D eigenvalue weighted by atomic mass is 9.91. The number of benzene rings is 1. The van der Waals surface area contributed by atoms with Gasteiger partial charge in [0.2, 0.25) is 5.82 Å². The summed E-state index contributed by atoms with van der Waals surface area (Å²) in [6.45, 7) is 1.10. The number of hydrogen-bond acceptors (Lipinski definition) is 4. The topological polar surface area (TPSA) is 55.0 Å². The average Bonchev–Trinajstić information content (AvgIpc) is 3.07. The molecule has 0 saturated heterocycles. The van der Waals surface area contributed by atoms with Crippen LogP contribution < -0.4 is 5.73 Å². The van der Waals surface area contributed by atoms with E-state index in [-0.39, 0.29) is 6.04 Å². The molecule has 0 bridgehead atoms. The highest BCUT2D eigenvalue weighted by molar-refractivity contribution is 5.23. The van der Waals surface area contributed by atoms with Crippen LogP contribution in [0, 0.1) is 11.6 Å². The molecule has 1 fully saturated rings. The maximum absolute atomic E-state index is 12.6. The van der Waals surface area contributed by atoms with Gasteiger partial charge in [0.1, 0.15) is 11.6 Å². The van der Waals surface area contributed by atoms with Crippen LogP contribution in [0.15, 0.2) is 30.5 Å². The third-order valence-corrected chi connectivity index (χ3v) is 4.94. The Balaban J connectivity index is 0.000000236. The van der Waals surface area contributed by atoms with E-state index in [2.05, 4.69) is 14.9 Å². The number of nitrogens with two attached hydrogens (primary N) is 1. The number of aromatic nitrogens is 2. The molecule has 28 heavy (non-hydrogen) atoms. The average molecular weight is 400 g/mol. The predicted molar refractivity (Wildman–Crippen MR) is 92.9 cm³/mol. The molecule has 2 heterocycles. The van der Waals surface area contributed by atoms with Gasteiger partial charge in [0.25, 0.3) is 0 Å². The Bertz CT molecular complexity index is 773. The molecule has 1 aromatic carbocycles. The summed E-state index contributed by atoms with van der Waals surface area (Å²) in [6, 6.07) is 4.87. The second-order valence-electron chi connectivity index (χ2n) is 7.09. The summed E-state index contributed by atoms with van der Waals surface area (Å²) in [5.74, 6) is -1.86. The number of halogens is 5. The Morgan fingerprint density at radius 1 is 1.00 bits per heavy atom. The van der Waals surface area contributed by atoms with Crippen molar-refractivity contribution in [1.82, 2.24) is 14.9 Å². The number of alkyl halides is 3. The van der Waals surface area contributed by atoms with Crippen LogP contribution in [0.2, 0.25) is 0 Å². The normalized spacial score (nSPS) is 22.4. The molecule has 1 saturated carbocycles. The minimum atomic E-state index is -4.48. The highest BCUT2D eigenvalue weighted by Crippen LogP contribution is 2.32. The summed E-state index contributed by atoms with van der Waals surface area (Å²) in [7, 11) is 0. The lowest BCUT2D eigenvalue weighted by Gasteiger charge is -2.33. The van der Waals surface area contributed by atoms with Crippen LogP contribution in [-0.2, 0) is 19.3 Å². The second kappa shape index (κ2) is 8.48. The van der Waals surface area contributed by atoms with Gasteiger partial charge in [0.05, 0.1) is 5.69 Å². The fourth-order valence-corrected chi connectivity index (χ4v) is 3.53. The van der Waals surface area contributed by atoms with Gasteiger partial charge in [-0.1, -0.05) is 6.42 Å². The smallest absolute Gasteiger partial charge is 0.328 e. The Hall–Kier alpha value is -2.13. The van der Waals surface area contributed by atoms with Crippen molar-refractivity contribution in [2.24, 2.45) is 5.73 Å². The maximum atomic E-state index is 12.6. The Labute approximate surface area is 159 Å². The fourth-order valence-electron chi connectivity index (χ4n) is 3.53. The van der Waals surface area contributed by atoms with Crippen LogP contribution >= 0.6 is 0 Å². The molecule has 1 aliphatic carbocycles. The highest BCUT2D eigenvalue weighted by Gasteiger charge is 2.37. The van der Waals surface area contributed by atoms with Gasteiger partial charge < -0.3 is 5.73 Å². The summed E-state index contributed by atoms with van der Waals surface area (Å²) in [4.78, 5) is 9.29. The lowest BCUT2D eigenvalue weighted by Crippen LogP contribution is -2.40. The first-order chi connectivity index (χ1) is 13.2. The zero-order valence-corrected chi connectivity index (χ0v) is 15.1. The zero-order valence-electron chi connectivity index (χ0n) is 15.1. The third kappa shape index (κ3) is 5.23. The standard InChI is InChI=1S/C13H17F3N4.C6H4F2/c14-13(15,16)12-18-5-8-6-20(7-11(8)19-12)10-3-1-2-9(17)4-10;7-5-1-2-6(8)4-3-5/h5,9-10H,1-4,6-7,17H2;1-4H/t9-,10+;/m1./s1. The van der Waals surface area contributed by atoms with Crippen LogP contribution in [0.5, 0.6) is 0 Å². The van der Waals surface area contributed by atoms with Crippen molar-refractivity contribution < 1.29 is 22.0 Å². The van der Waals surface area contributed by atoms with E-state index in [1.807, 2.05) is 0 Å². The molecule has 4 nitrogen and oxygen atoms in total. The van der Waals surface area contributed by atoms with E-state index in [0.717, 1.165) is 55.5 Å². The van der Waals surface area contributed by atoms with Crippen molar-refractivity contribution in [2.75, 3.05) is 0 Å². The SMILES string of the molecule is Fc1ccc(F)cc1.N[C@@H]1CCC[C@H](N2Cc3cnc(C(F)(F)F)nc3C2)C1. The summed E-state index contributed by atoms with van der Waals surface area (Å²) >= 11 is 0. The number of hydrogen-bond donors (Lipinski definition) is 1. The van der Waals surface area contributed by atoms with E-state index in [1.54, 1.807) is 0 Å². The first-order valence-corrected chi connectivity index (χ1v) is 9.05. The molecule has 2 aromatic rings. The van der Waals surface area contributed by atoms with Crippen molar-refractivity contribution in [1.29, 1.82) is 0 Å². The molecule has 1 aromatic heterocycles. The molecule has 1 aliphatic heterocycles. The summed E-state index contributed by atoms with van der Waals surface area (Å²) < 4.78 is 61.7. The molecule has 2 N–H and O–H groups in total. The van der Waals surface area contributed by atoms with Gasteiger partial charge >= 0.3 is 6.18 Å². The van der Waals surface area contributed by atoms with Crippen molar-refractivity contribution in [3.05, 3.63) is 59.2 Å². The molecule has 0 radical (unpaired) electrons. The van der Waals surface area contributed by atoms with Gasteiger partial charge in [-0.3, -0.25) is 4.90 Å². The van der Waals surface area contributed by atoms with Crippen molar-refractivity contribution >= 4 is 0 Å². The minimum absolute atomic E-state index is 0.203. The van der Waals surface area contributed by atoms with E-state index in [1.165, 1.54) is 6.20 Å². The summed E-state index contributed by atoms with van der Waals surface area (Å²) in [5.41, 5.74) is 7.28. The molecule has 4 rings (SSSR count). The van der Waals surface area contributed by atoms with Crippen LogP contribution in [0.4, 0.5) is 22.0 Å².